The van der Waals surface area contributed by atoms with Crippen molar-refractivity contribution in [3.63, 3.8) is 0 Å². The van der Waals surface area contributed by atoms with Gasteiger partial charge in [-0.1, -0.05) is 48.8 Å². The van der Waals surface area contributed by atoms with Crippen molar-refractivity contribution < 1.29 is 0 Å². The second kappa shape index (κ2) is 10.4. The molecule has 0 rings (SSSR count). The molecule has 0 aromatic heterocycles. The maximum absolute atomic E-state index is 2.40. The van der Waals surface area contributed by atoms with Crippen LogP contribution < -0.4 is 0 Å². The fourth-order valence-electron chi connectivity index (χ4n) is 1.79. The summed E-state index contributed by atoms with van der Waals surface area (Å²) < 4.78 is 0. The minimum atomic E-state index is 1.16. The van der Waals surface area contributed by atoms with Crippen molar-refractivity contribution in [1.29, 1.82) is 0 Å². The van der Waals surface area contributed by atoms with Crippen LogP contribution in [-0.4, -0.2) is 0 Å². The number of rotatable bonds is 8. The second-order valence-corrected chi connectivity index (χ2v) is 4.99. The van der Waals surface area contributed by atoms with Crippen LogP contribution >= 0.6 is 0 Å². The van der Waals surface area contributed by atoms with Gasteiger partial charge in [-0.05, 0) is 59.3 Å². The maximum atomic E-state index is 2.40. The molecule has 17 heavy (non-hydrogen) atoms. The average Bonchev–Trinajstić information content (AvgIpc) is 2.29. The summed E-state index contributed by atoms with van der Waals surface area (Å²) in [5.41, 5.74) is 4.58. The Balaban J connectivity index is 3.83. The molecule has 0 aliphatic heterocycles. The van der Waals surface area contributed by atoms with E-state index < -0.39 is 0 Å². The quantitative estimate of drug-likeness (QED) is 0.438. The third-order valence-electron chi connectivity index (χ3n) is 3.17. The summed E-state index contributed by atoms with van der Waals surface area (Å²) in [5, 5.41) is 0. The summed E-state index contributed by atoms with van der Waals surface area (Å²) in [5.74, 6) is 0. The van der Waals surface area contributed by atoms with Crippen LogP contribution in [0.5, 0.6) is 0 Å². The first-order valence-corrected chi connectivity index (χ1v) is 7.07. The lowest BCUT2D eigenvalue weighted by atomic mass is 10.1. The largest absolute Gasteiger partial charge is 0.0859 e. The minimum absolute atomic E-state index is 1.16. The van der Waals surface area contributed by atoms with Crippen molar-refractivity contribution >= 4 is 0 Å². The van der Waals surface area contributed by atoms with Gasteiger partial charge in [-0.2, -0.15) is 0 Å². The lowest BCUT2D eigenvalue weighted by Gasteiger charge is -2.01. The van der Waals surface area contributed by atoms with Gasteiger partial charge in [0.1, 0.15) is 0 Å². The van der Waals surface area contributed by atoms with Crippen molar-refractivity contribution in [2.24, 2.45) is 0 Å². The van der Waals surface area contributed by atoms with Crippen molar-refractivity contribution in [3.8, 4) is 0 Å². The Morgan fingerprint density at radius 2 is 1.18 bits per heavy atom. The highest BCUT2D eigenvalue weighted by Crippen LogP contribution is 2.12. The molecule has 0 saturated heterocycles. The SMILES string of the molecule is CC/C=C(\C)CC/C=C(\C)CC/C=C(\C)CC. The van der Waals surface area contributed by atoms with E-state index in [0.717, 1.165) is 6.42 Å². The van der Waals surface area contributed by atoms with Gasteiger partial charge in [0.2, 0.25) is 0 Å². The van der Waals surface area contributed by atoms with E-state index in [0.29, 0.717) is 0 Å². The lowest BCUT2D eigenvalue weighted by molar-refractivity contribution is 0.908. The van der Waals surface area contributed by atoms with Gasteiger partial charge in [-0.15, -0.1) is 0 Å². The minimum Gasteiger partial charge on any atom is -0.0859 e. The fraction of sp³-hybridized carbons (Fsp3) is 0.647. The monoisotopic (exact) mass is 234 g/mol. The van der Waals surface area contributed by atoms with Crippen molar-refractivity contribution in [1.82, 2.24) is 0 Å². The second-order valence-electron chi connectivity index (χ2n) is 4.99. The maximum Gasteiger partial charge on any atom is -0.0288 e. The molecule has 0 spiro atoms. The van der Waals surface area contributed by atoms with E-state index in [9.17, 15) is 0 Å². The molecule has 0 bridgehead atoms. The first-order valence-electron chi connectivity index (χ1n) is 7.07. The number of hydrogen-bond acceptors (Lipinski definition) is 0. The molecule has 0 aliphatic rings. The zero-order chi connectivity index (χ0) is 13.1. The summed E-state index contributed by atoms with van der Waals surface area (Å²) in [6.07, 6.45) is 14.3. The van der Waals surface area contributed by atoms with Crippen molar-refractivity contribution in [3.05, 3.63) is 34.9 Å². The predicted octanol–water partition coefficient (Wildman–Crippen LogP) is 6.21. The molecule has 0 amide bonds. The van der Waals surface area contributed by atoms with Gasteiger partial charge in [-0.25, -0.2) is 0 Å². The van der Waals surface area contributed by atoms with Gasteiger partial charge in [0.25, 0.3) is 0 Å². The Bertz CT molecular complexity index is 276. The summed E-state index contributed by atoms with van der Waals surface area (Å²) in [6.45, 7) is 11.1. The highest BCUT2D eigenvalue weighted by Gasteiger charge is 1.91. The van der Waals surface area contributed by atoms with Gasteiger partial charge in [-0.3, -0.25) is 0 Å². The summed E-state index contributed by atoms with van der Waals surface area (Å²) in [7, 11) is 0. The first kappa shape index (κ1) is 16.2. The van der Waals surface area contributed by atoms with E-state index in [2.05, 4.69) is 52.8 Å². The van der Waals surface area contributed by atoms with Crippen molar-refractivity contribution in [2.75, 3.05) is 0 Å². The van der Waals surface area contributed by atoms with Crippen LogP contribution in [0.4, 0.5) is 0 Å². The van der Waals surface area contributed by atoms with Crippen LogP contribution in [0.1, 0.15) is 73.1 Å². The Morgan fingerprint density at radius 1 is 0.706 bits per heavy atom. The first-order chi connectivity index (χ1) is 8.10. The fourth-order valence-corrected chi connectivity index (χ4v) is 1.79. The van der Waals surface area contributed by atoms with E-state index in [1.165, 1.54) is 48.8 Å². The molecule has 0 nitrogen and oxygen atoms in total. The van der Waals surface area contributed by atoms with E-state index in [1.807, 2.05) is 0 Å². The molecule has 0 saturated carbocycles. The molecule has 0 unspecified atom stereocenters. The molecule has 0 atom stereocenters. The number of hydrogen-bond donors (Lipinski definition) is 0. The van der Waals surface area contributed by atoms with Gasteiger partial charge in [0, 0.05) is 0 Å². The van der Waals surface area contributed by atoms with Gasteiger partial charge in [0.15, 0.2) is 0 Å². The molecule has 98 valence electrons. The van der Waals surface area contributed by atoms with Gasteiger partial charge < -0.3 is 0 Å². The van der Waals surface area contributed by atoms with Crippen LogP contribution in [0, 0.1) is 0 Å². The summed E-state index contributed by atoms with van der Waals surface area (Å²) in [6, 6.07) is 0. The van der Waals surface area contributed by atoms with Gasteiger partial charge >= 0.3 is 0 Å². The Labute approximate surface area is 109 Å². The van der Waals surface area contributed by atoms with Crippen LogP contribution in [0.25, 0.3) is 0 Å². The Kier molecular flexibility index (Phi) is 9.90. The molecule has 0 N–H and O–H groups in total. The molecular formula is C17H30. The zero-order valence-electron chi connectivity index (χ0n) is 12.5. The molecule has 0 aromatic rings. The highest BCUT2D eigenvalue weighted by molar-refractivity contribution is 5.05. The molecular weight excluding hydrogens is 204 g/mol. The zero-order valence-corrected chi connectivity index (χ0v) is 12.5. The van der Waals surface area contributed by atoms with E-state index >= 15 is 0 Å². The van der Waals surface area contributed by atoms with E-state index in [4.69, 9.17) is 0 Å². The molecule has 0 heterocycles. The Hall–Kier alpha value is -0.780. The number of allylic oxidation sites excluding steroid dienone is 6. The smallest absolute Gasteiger partial charge is 0.0288 e. The molecule has 0 heteroatoms. The van der Waals surface area contributed by atoms with E-state index in [-0.39, 0.29) is 0 Å². The topological polar surface area (TPSA) is 0 Å². The third kappa shape index (κ3) is 10.1. The van der Waals surface area contributed by atoms with Gasteiger partial charge in [0.05, 0.1) is 0 Å². The molecule has 0 radical (unpaired) electrons. The van der Waals surface area contributed by atoms with Crippen LogP contribution in [-0.2, 0) is 0 Å². The summed E-state index contributed by atoms with van der Waals surface area (Å²) in [4.78, 5) is 0. The van der Waals surface area contributed by atoms with E-state index in [1.54, 1.807) is 0 Å². The standard InChI is InChI=1S/C17H30/c1-6-10-16(4)12-9-14-17(5)13-8-11-15(3)7-2/h10-11,14H,6-9,12-13H2,1-5H3/b15-11+,16-10+,17-14+. The Morgan fingerprint density at radius 3 is 1.65 bits per heavy atom. The van der Waals surface area contributed by atoms with Crippen LogP contribution in [0.15, 0.2) is 34.9 Å². The lowest BCUT2D eigenvalue weighted by Crippen LogP contribution is -1.81. The van der Waals surface area contributed by atoms with Crippen molar-refractivity contribution in [2.45, 2.75) is 73.1 Å². The predicted molar refractivity (Wildman–Crippen MR) is 80.3 cm³/mol. The normalized spacial score (nSPS) is 14.3. The highest BCUT2D eigenvalue weighted by atomic mass is 14.0. The molecule has 0 aromatic carbocycles. The third-order valence-corrected chi connectivity index (χ3v) is 3.17. The van der Waals surface area contributed by atoms with Crippen LogP contribution in [0.2, 0.25) is 0 Å². The molecule has 0 aliphatic carbocycles. The molecule has 0 fully saturated rings. The summed E-state index contributed by atoms with van der Waals surface area (Å²) >= 11 is 0. The average molecular weight is 234 g/mol. The van der Waals surface area contributed by atoms with Crippen LogP contribution in [0.3, 0.4) is 0 Å².